The molecule has 0 radical (unpaired) electrons. The summed E-state index contributed by atoms with van der Waals surface area (Å²) < 4.78 is 13.8. The van der Waals surface area contributed by atoms with Gasteiger partial charge in [0.15, 0.2) is 0 Å². The molecule has 2 nitrogen and oxygen atoms in total. The first-order valence-electron chi connectivity index (χ1n) is 5.56. The van der Waals surface area contributed by atoms with Gasteiger partial charge in [-0.15, -0.1) is 6.58 Å². The second kappa shape index (κ2) is 4.77. The third-order valence-corrected chi connectivity index (χ3v) is 3.38. The van der Waals surface area contributed by atoms with Gasteiger partial charge in [-0.1, -0.05) is 23.7 Å². The van der Waals surface area contributed by atoms with Crippen LogP contribution in [0.2, 0.25) is 5.02 Å². The Bertz CT molecular complexity index is 437. The molecule has 1 aliphatic heterocycles. The van der Waals surface area contributed by atoms with Gasteiger partial charge >= 0.3 is 0 Å². The SMILES string of the molecule is C=CCN1CCC(O)(c2ccc(Cl)cc2F)C1. The van der Waals surface area contributed by atoms with Gasteiger partial charge in [0.05, 0.1) is 0 Å². The number of likely N-dealkylation sites (tertiary alicyclic amines) is 1. The molecular weight excluding hydrogens is 241 g/mol. The Hall–Kier alpha value is -0.900. The van der Waals surface area contributed by atoms with E-state index in [-0.39, 0.29) is 0 Å². The molecule has 1 saturated heterocycles. The van der Waals surface area contributed by atoms with Crippen molar-refractivity contribution in [1.82, 2.24) is 4.90 Å². The summed E-state index contributed by atoms with van der Waals surface area (Å²) in [5, 5.41) is 10.8. The van der Waals surface area contributed by atoms with Crippen LogP contribution in [-0.4, -0.2) is 29.6 Å². The summed E-state index contributed by atoms with van der Waals surface area (Å²) in [7, 11) is 0. The fourth-order valence-corrected chi connectivity index (χ4v) is 2.46. The molecule has 2 rings (SSSR count). The van der Waals surface area contributed by atoms with E-state index in [1.54, 1.807) is 18.2 Å². The lowest BCUT2D eigenvalue weighted by molar-refractivity contribution is 0.0438. The van der Waals surface area contributed by atoms with Gasteiger partial charge in [0.2, 0.25) is 0 Å². The molecule has 17 heavy (non-hydrogen) atoms. The molecular formula is C13H15ClFNO. The molecule has 1 aromatic carbocycles. The lowest BCUT2D eigenvalue weighted by atomic mass is 9.92. The molecule has 1 unspecified atom stereocenters. The minimum Gasteiger partial charge on any atom is -0.384 e. The number of hydrogen-bond acceptors (Lipinski definition) is 2. The van der Waals surface area contributed by atoms with Gasteiger partial charge in [0, 0.05) is 30.2 Å². The van der Waals surface area contributed by atoms with Crippen LogP contribution in [0.1, 0.15) is 12.0 Å². The molecule has 0 amide bonds. The molecule has 1 fully saturated rings. The van der Waals surface area contributed by atoms with E-state index < -0.39 is 11.4 Å². The summed E-state index contributed by atoms with van der Waals surface area (Å²) in [5.74, 6) is -0.444. The minimum atomic E-state index is -1.11. The number of rotatable bonds is 3. The van der Waals surface area contributed by atoms with Crippen LogP contribution in [0.3, 0.4) is 0 Å². The number of aliphatic hydroxyl groups is 1. The van der Waals surface area contributed by atoms with Crippen molar-refractivity contribution in [2.45, 2.75) is 12.0 Å². The van der Waals surface area contributed by atoms with Crippen LogP contribution in [0.15, 0.2) is 30.9 Å². The van der Waals surface area contributed by atoms with E-state index in [0.717, 1.165) is 6.54 Å². The standard InChI is InChI=1S/C13H15ClFNO/c1-2-6-16-7-5-13(17,9-16)11-4-3-10(14)8-12(11)15/h2-4,8,17H,1,5-7,9H2. The van der Waals surface area contributed by atoms with Crippen LogP contribution in [0.5, 0.6) is 0 Å². The van der Waals surface area contributed by atoms with Crippen molar-refractivity contribution in [2.24, 2.45) is 0 Å². The number of benzene rings is 1. The second-order valence-electron chi connectivity index (χ2n) is 4.43. The Morgan fingerprint density at radius 2 is 2.35 bits per heavy atom. The Labute approximate surface area is 105 Å². The third kappa shape index (κ3) is 2.51. The average molecular weight is 256 g/mol. The van der Waals surface area contributed by atoms with Gasteiger partial charge in [-0.05, 0) is 18.6 Å². The number of nitrogens with zero attached hydrogens (tertiary/aromatic N) is 1. The fraction of sp³-hybridized carbons (Fsp3) is 0.385. The summed E-state index contributed by atoms with van der Waals surface area (Å²) in [5.41, 5.74) is -0.786. The topological polar surface area (TPSA) is 23.5 Å². The highest BCUT2D eigenvalue weighted by Crippen LogP contribution is 2.34. The fourth-order valence-electron chi connectivity index (χ4n) is 2.30. The van der Waals surface area contributed by atoms with Crippen molar-refractivity contribution in [3.63, 3.8) is 0 Å². The van der Waals surface area contributed by atoms with Crippen LogP contribution in [0, 0.1) is 5.82 Å². The lowest BCUT2D eigenvalue weighted by Crippen LogP contribution is -2.31. The highest BCUT2D eigenvalue weighted by molar-refractivity contribution is 6.30. The first-order valence-corrected chi connectivity index (χ1v) is 5.94. The first-order chi connectivity index (χ1) is 8.05. The molecule has 92 valence electrons. The van der Waals surface area contributed by atoms with Gasteiger partial charge in [0.25, 0.3) is 0 Å². The lowest BCUT2D eigenvalue weighted by Gasteiger charge is -2.24. The smallest absolute Gasteiger partial charge is 0.130 e. The zero-order chi connectivity index (χ0) is 12.5. The average Bonchev–Trinajstić information content (AvgIpc) is 2.61. The predicted molar refractivity (Wildman–Crippen MR) is 66.6 cm³/mol. The van der Waals surface area contributed by atoms with E-state index in [0.29, 0.717) is 30.1 Å². The molecule has 4 heteroatoms. The summed E-state index contributed by atoms with van der Waals surface area (Å²) in [6, 6.07) is 4.41. The van der Waals surface area contributed by atoms with Crippen LogP contribution >= 0.6 is 11.6 Å². The highest BCUT2D eigenvalue weighted by atomic mass is 35.5. The molecule has 0 aromatic heterocycles. The van der Waals surface area contributed by atoms with Gasteiger partial charge in [-0.25, -0.2) is 4.39 Å². The highest BCUT2D eigenvalue weighted by Gasteiger charge is 2.38. The normalized spacial score (nSPS) is 25.1. The third-order valence-electron chi connectivity index (χ3n) is 3.15. The molecule has 1 N–H and O–H groups in total. The van der Waals surface area contributed by atoms with Crippen LogP contribution in [0.25, 0.3) is 0 Å². The van der Waals surface area contributed by atoms with E-state index in [9.17, 15) is 9.50 Å². The minimum absolute atomic E-state index is 0.327. The summed E-state index contributed by atoms with van der Waals surface area (Å²) in [6.07, 6.45) is 2.31. The van der Waals surface area contributed by atoms with Crippen LogP contribution in [-0.2, 0) is 5.60 Å². The first kappa shape index (κ1) is 12.6. The predicted octanol–water partition coefficient (Wildman–Crippen LogP) is 2.56. The monoisotopic (exact) mass is 255 g/mol. The van der Waals surface area contributed by atoms with Crippen LogP contribution in [0.4, 0.5) is 4.39 Å². The largest absolute Gasteiger partial charge is 0.384 e. The quantitative estimate of drug-likeness (QED) is 0.840. The summed E-state index contributed by atoms with van der Waals surface area (Å²) in [6.45, 7) is 5.53. The molecule has 1 heterocycles. The van der Waals surface area contributed by atoms with Gasteiger partial charge in [-0.2, -0.15) is 0 Å². The summed E-state index contributed by atoms with van der Waals surface area (Å²) in [4.78, 5) is 2.04. The number of halogens is 2. The van der Waals surface area contributed by atoms with Crippen molar-refractivity contribution < 1.29 is 9.50 Å². The van der Waals surface area contributed by atoms with E-state index in [1.807, 2.05) is 4.90 Å². The van der Waals surface area contributed by atoms with E-state index >= 15 is 0 Å². The van der Waals surface area contributed by atoms with Crippen molar-refractivity contribution in [3.05, 3.63) is 47.3 Å². The summed E-state index contributed by atoms with van der Waals surface area (Å²) >= 11 is 5.70. The van der Waals surface area contributed by atoms with E-state index in [2.05, 4.69) is 6.58 Å². The van der Waals surface area contributed by atoms with Crippen LogP contribution < -0.4 is 0 Å². The van der Waals surface area contributed by atoms with Crippen molar-refractivity contribution in [3.8, 4) is 0 Å². The van der Waals surface area contributed by atoms with Crippen molar-refractivity contribution in [1.29, 1.82) is 0 Å². The maximum atomic E-state index is 13.8. The Morgan fingerprint density at radius 1 is 1.59 bits per heavy atom. The van der Waals surface area contributed by atoms with Gasteiger partial charge < -0.3 is 5.11 Å². The maximum Gasteiger partial charge on any atom is 0.130 e. The Kier molecular flexibility index (Phi) is 3.52. The van der Waals surface area contributed by atoms with E-state index in [4.69, 9.17) is 11.6 Å². The van der Waals surface area contributed by atoms with Gasteiger partial charge in [-0.3, -0.25) is 4.90 Å². The zero-order valence-electron chi connectivity index (χ0n) is 9.50. The zero-order valence-corrected chi connectivity index (χ0v) is 10.3. The van der Waals surface area contributed by atoms with Crippen molar-refractivity contribution in [2.75, 3.05) is 19.6 Å². The Morgan fingerprint density at radius 3 is 3.00 bits per heavy atom. The maximum absolute atomic E-state index is 13.8. The Balaban J connectivity index is 2.24. The molecule has 0 aliphatic carbocycles. The molecule has 0 spiro atoms. The number of β-amino-alcohol motifs (C(OH)–C–C–N with tert-alkyl or cyclic N) is 1. The molecule has 1 aliphatic rings. The molecule has 0 saturated carbocycles. The van der Waals surface area contributed by atoms with Crippen molar-refractivity contribution >= 4 is 11.6 Å². The molecule has 1 atom stereocenters. The van der Waals surface area contributed by atoms with Gasteiger partial charge in [0.1, 0.15) is 11.4 Å². The van der Waals surface area contributed by atoms with E-state index in [1.165, 1.54) is 6.07 Å². The second-order valence-corrected chi connectivity index (χ2v) is 4.87. The molecule has 1 aromatic rings. The molecule has 0 bridgehead atoms. The number of hydrogen-bond donors (Lipinski definition) is 1.